The number of carbonyl (C=O) groups excluding carboxylic acids is 1. The zero-order valence-corrected chi connectivity index (χ0v) is 26.1. The summed E-state index contributed by atoms with van der Waals surface area (Å²) in [5, 5.41) is 0. The second-order valence-electron chi connectivity index (χ2n) is 10.1. The van der Waals surface area contributed by atoms with Crippen LogP contribution in [0.1, 0.15) is 181 Å². The standard InChI is InChI=1S/C30H60O2.Zn/c1-3-5-7-9-11-13-15-16-17-18-19-20-22-24-26-28-30(31)32-29-27-25-23-21-14-12-10-8-6-4-2;/h3-29H2,1-2H3;. The van der Waals surface area contributed by atoms with Gasteiger partial charge < -0.3 is 4.74 Å². The smallest absolute Gasteiger partial charge is 0.305 e. The van der Waals surface area contributed by atoms with Crippen molar-refractivity contribution in [1.29, 1.82) is 0 Å². The SMILES string of the molecule is CCCCCCCCCCCCCCCCCC(=O)OCCCCCCCCCCCC.[Zn]. The van der Waals surface area contributed by atoms with Gasteiger partial charge in [0.1, 0.15) is 0 Å². The van der Waals surface area contributed by atoms with Crippen LogP contribution in [0.2, 0.25) is 0 Å². The van der Waals surface area contributed by atoms with Crippen LogP contribution in [0.3, 0.4) is 0 Å². The van der Waals surface area contributed by atoms with Gasteiger partial charge in [-0.1, -0.05) is 162 Å². The summed E-state index contributed by atoms with van der Waals surface area (Å²) in [7, 11) is 0. The van der Waals surface area contributed by atoms with Crippen molar-refractivity contribution in [2.24, 2.45) is 0 Å². The first-order valence-electron chi connectivity index (χ1n) is 15.0. The summed E-state index contributed by atoms with van der Waals surface area (Å²) in [5.41, 5.74) is 0. The van der Waals surface area contributed by atoms with Crippen molar-refractivity contribution in [2.75, 3.05) is 6.61 Å². The number of esters is 1. The second kappa shape index (κ2) is 32.1. The van der Waals surface area contributed by atoms with E-state index in [9.17, 15) is 4.79 Å². The van der Waals surface area contributed by atoms with Crippen LogP contribution in [0.4, 0.5) is 0 Å². The maximum absolute atomic E-state index is 11.8. The van der Waals surface area contributed by atoms with E-state index in [4.69, 9.17) is 4.74 Å². The van der Waals surface area contributed by atoms with Crippen molar-refractivity contribution in [3.8, 4) is 0 Å². The Bertz CT molecular complexity index is 359. The zero-order chi connectivity index (χ0) is 23.4. The van der Waals surface area contributed by atoms with E-state index < -0.39 is 0 Å². The fraction of sp³-hybridized carbons (Fsp3) is 0.967. The first-order valence-corrected chi connectivity index (χ1v) is 15.0. The van der Waals surface area contributed by atoms with E-state index in [0.717, 1.165) is 12.8 Å². The third-order valence-electron chi connectivity index (χ3n) is 6.75. The molecule has 0 saturated heterocycles. The van der Waals surface area contributed by atoms with Gasteiger partial charge in [-0.05, 0) is 12.8 Å². The van der Waals surface area contributed by atoms with Gasteiger partial charge in [-0.15, -0.1) is 0 Å². The molecule has 0 amide bonds. The van der Waals surface area contributed by atoms with Crippen molar-refractivity contribution in [2.45, 2.75) is 181 Å². The van der Waals surface area contributed by atoms with Crippen LogP contribution in [-0.4, -0.2) is 12.6 Å². The Hall–Kier alpha value is 0.0934. The predicted molar refractivity (Wildman–Crippen MR) is 142 cm³/mol. The van der Waals surface area contributed by atoms with Crippen molar-refractivity contribution in [1.82, 2.24) is 0 Å². The first kappa shape index (κ1) is 35.3. The Labute approximate surface area is 221 Å². The van der Waals surface area contributed by atoms with Crippen molar-refractivity contribution in [3.05, 3.63) is 0 Å². The topological polar surface area (TPSA) is 26.3 Å². The number of carbonyl (C=O) groups is 1. The quantitative estimate of drug-likeness (QED) is 0.0615. The molecule has 0 rings (SSSR count). The van der Waals surface area contributed by atoms with Gasteiger partial charge in [0.25, 0.3) is 0 Å². The van der Waals surface area contributed by atoms with Gasteiger partial charge in [-0.2, -0.15) is 0 Å². The number of rotatable bonds is 27. The van der Waals surface area contributed by atoms with E-state index in [1.807, 2.05) is 0 Å². The van der Waals surface area contributed by atoms with Crippen molar-refractivity contribution >= 4 is 5.97 Å². The number of unbranched alkanes of at least 4 members (excludes halogenated alkanes) is 23. The van der Waals surface area contributed by atoms with Gasteiger partial charge in [0.05, 0.1) is 6.61 Å². The molecule has 3 heteroatoms. The molecule has 0 unspecified atom stereocenters. The number of hydrogen-bond donors (Lipinski definition) is 0. The van der Waals surface area contributed by atoms with Crippen LogP contribution in [0.15, 0.2) is 0 Å². The molecule has 0 N–H and O–H groups in total. The average molecular weight is 518 g/mol. The van der Waals surface area contributed by atoms with Crippen LogP contribution in [0, 0.1) is 0 Å². The van der Waals surface area contributed by atoms with E-state index in [1.54, 1.807) is 0 Å². The molecule has 0 aliphatic rings. The van der Waals surface area contributed by atoms with Crippen LogP contribution >= 0.6 is 0 Å². The van der Waals surface area contributed by atoms with Gasteiger partial charge in [0.15, 0.2) is 0 Å². The molecular formula is C30H60O2Zn. The summed E-state index contributed by atoms with van der Waals surface area (Å²) in [6, 6.07) is 0. The molecule has 0 heterocycles. The summed E-state index contributed by atoms with van der Waals surface area (Å²) < 4.78 is 5.39. The number of hydrogen-bond acceptors (Lipinski definition) is 2. The summed E-state index contributed by atoms with van der Waals surface area (Å²) >= 11 is 0. The van der Waals surface area contributed by atoms with E-state index in [2.05, 4.69) is 13.8 Å². The molecule has 0 radical (unpaired) electrons. The minimum Gasteiger partial charge on any atom is -0.466 e. The molecule has 0 aliphatic carbocycles. The van der Waals surface area contributed by atoms with Crippen LogP contribution in [0.25, 0.3) is 0 Å². The van der Waals surface area contributed by atoms with E-state index in [-0.39, 0.29) is 25.4 Å². The maximum atomic E-state index is 11.8. The van der Waals surface area contributed by atoms with Gasteiger partial charge in [-0.25, -0.2) is 0 Å². The summed E-state index contributed by atoms with van der Waals surface area (Å²) in [6.45, 7) is 5.19. The largest absolute Gasteiger partial charge is 0.466 e. The first-order chi connectivity index (χ1) is 15.8. The molecule has 0 spiro atoms. The molecule has 2 nitrogen and oxygen atoms in total. The van der Waals surface area contributed by atoms with Gasteiger partial charge in [0.2, 0.25) is 0 Å². The van der Waals surface area contributed by atoms with Crippen molar-refractivity contribution < 1.29 is 29.0 Å². The average Bonchev–Trinajstić information content (AvgIpc) is 2.80. The van der Waals surface area contributed by atoms with E-state index >= 15 is 0 Å². The normalized spacial score (nSPS) is 10.8. The third-order valence-corrected chi connectivity index (χ3v) is 6.75. The Morgan fingerprint density at radius 3 is 1.03 bits per heavy atom. The van der Waals surface area contributed by atoms with Crippen LogP contribution < -0.4 is 0 Å². The Balaban J connectivity index is 0. The van der Waals surface area contributed by atoms with E-state index in [0.29, 0.717) is 13.0 Å². The minimum absolute atomic E-state index is 0. The second-order valence-corrected chi connectivity index (χ2v) is 10.1. The fourth-order valence-electron chi connectivity index (χ4n) is 4.49. The molecular weight excluding hydrogens is 458 g/mol. The summed E-state index contributed by atoms with van der Waals surface area (Å²) in [5.74, 6) is 0.0237. The molecule has 0 fully saturated rings. The molecule has 33 heavy (non-hydrogen) atoms. The van der Waals surface area contributed by atoms with Gasteiger partial charge >= 0.3 is 5.97 Å². The maximum Gasteiger partial charge on any atom is 0.305 e. The molecule has 0 aromatic heterocycles. The molecule has 0 aromatic rings. The molecule has 194 valence electrons. The summed E-state index contributed by atoms with van der Waals surface area (Å²) in [4.78, 5) is 11.8. The Kier molecular flexibility index (Phi) is 34.3. The summed E-state index contributed by atoms with van der Waals surface area (Å²) in [6.07, 6.45) is 34.2. The molecule has 0 aliphatic heterocycles. The Morgan fingerprint density at radius 1 is 0.424 bits per heavy atom. The molecule has 0 aromatic carbocycles. The predicted octanol–water partition coefficient (Wildman–Crippen LogP) is 10.7. The molecule has 0 atom stereocenters. The fourth-order valence-corrected chi connectivity index (χ4v) is 4.49. The third kappa shape index (κ3) is 32.1. The Morgan fingerprint density at radius 2 is 0.697 bits per heavy atom. The zero-order valence-electron chi connectivity index (χ0n) is 23.1. The number of ether oxygens (including phenoxy) is 1. The van der Waals surface area contributed by atoms with Crippen LogP contribution in [-0.2, 0) is 29.0 Å². The van der Waals surface area contributed by atoms with Crippen molar-refractivity contribution in [3.63, 3.8) is 0 Å². The minimum atomic E-state index is 0. The van der Waals surface area contributed by atoms with Crippen LogP contribution in [0.5, 0.6) is 0 Å². The molecule has 0 saturated carbocycles. The van der Waals surface area contributed by atoms with Gasteiger partial charge in [0, 0.05) is 25.9 Å². The van der Waals surface area contributed by atoms with Gasteiger partial charge in [-0.3, -0.25) is 4.79 Å². The monoisotopic (exact) mass is 516 g/mol. The van der Waals surface area contributed by atoms with E-state index in [1.165, 1.54) is 148 Å². The molecule has 0 bridgehead atoms.